The Hall–Kier alpha value is -2.15. The fourth-order valence-electron chi connectivity index (χ4n) is 3.45. The largest absolute Gasteiger partial charge is 0.468 e. The van der Waals surface area contributed by atoms with Gasteiger partial charge < -0.3 is 9.64 Å². The van der Waals surface area contributed by atoms with Crippen LogP contribution >= 0.6 is 22.9 Å². The fourth-order valence-corrected chi connectivity index (χ4v) is 4.70. The standard InChI is InChI=1S/C20H20ClN3O2S/c1-26-19(25)18(14-6-2-3-7-15(14)21)23-10-12-24(13-11-23)20-22-16-8-4-5-9-17(16)27-20/h2-9,18H,10-13H2,1H3. The van der Waals surface area contributed by atoms with E-state index in [-0.39, 0.29) is 5.97 Å². The first kappa shape index (κ1) is 18.2. The minimum atomic E-state index is -0.485. The molecule has 2 heterocycles. The Morgan fingerprint density at radius 2 is 1.81 bits per heavy atom. The molecule has 0 amide bonds. The van der Waals surface area contributed by atoms with Crippen LogP contribution in [0.3, 0.4) is 0 Å². The summed E-state index contributed by atoms with van der Waals surface area (Å²) in [5, 5.41) is 1.62. The van der Waals surface area contributed by atoms with Crippen LogP contribution < -0.4 is 4.90 Å². The topological polar surface area (TPSA) is 45.7 Å². The zero-order valence-corrected chi connectivity index (χ0v) is 16.5. The lowest BCUT2D eigenvalue weighted by atomic mass is 10.0. The molecule has 0 radical (unpaired) electrons. The van der Waals surface area contributed by atoms with Crippen LogP contribution in [0.1, 0.15) is 11.6 Å². The van der Waals surface area contributed by atoms with Crippen LogP contribution in [0.2, 0.25) is 5.02 Å². The third-order valence-electron chi connectivity index (χ3n) is 4.86. The predicted octanol–water partition coefficient (Wildman–Crippen LogP) is 3.99. The van der Waals surface area contributed by atoms with Crippen LogP contribution in [0, 0.1) is 0 Å². The Balaban J connectivity index is 1.52. The summed E-state index contributed by atoms with van der Waals surface area (Å²) in [6.45, 7) is 3.08. The Morgan fingerprint density at radius 1 is 1.11 bits per heavy atom. The zero-order valence-electron chi connectivity index (χ0n) is 15.0. The van der Waals surface area contributed by atoms with E-state index in [1.54, 1.807) is 11.3 Å². The third kappa shape index (κ3) is 3.65. The minimum absolute atomic E-state index is 0.281. The molecule has 2 aromatic carbocycles. The number of anilines is 1. The van der Waals surface area contributed by atoms with Crippen LogP contribution in [0.15, 0.2) is 48.5 Å². The van der Waals surface area contributed by atoms with E-state index in [0.717, 1.165) is 42.4 Å². The van der Waals surface area contributed by atoms with Crippen LogP contribution in [-0.4, -0.2) is 49.1 Å². The molecule has 0 bridgehead atoms. The van der Waals surface area contributed by atoms with Crippen LogP contribution in [0.25, 0.3) is 10.2 Å². The van der Waals surface area contributed by atoms with Crippen LogP contribution in [0.5, 0.6) is 0 Å². The average molecular weight is 402 g/mol. The number of para-hydroxylation sites is 1. The van der Waals surface area contributed by atoms with E-state index >= 15 is 0 Å². The number of hydrogen-bond acceptors (Lipinski definition) is 6. The van der Waals surface area contributed by atoms with E-state index in [2.05, 4.69) is 15.9 Å². The van der Waals surface area contributed by atoms with E-state index < -0.39 is 6.04 Å². The molecule has 0 N–H and O–H groups in total. The summed E-state index contributed by atoms with van der Waals surface area (Å²) < 4.78 is 6.26. The van der Waals surface area contributed by atoms with E-state index in [1.165, 1.54) is 11.8 Å². The van der Waals surface area contributed by atoms with Gasteiger partial charge in [0.25, 0.3) is 0 Å². The number of methoxy groups -OCH3 is 1. The van der Waals surface area contributed by atoms with Crippen molar-refractivity contribution < 1.29 is 9.53 Å². The van der Waals surface area contributed by atoms with Crippen molar-refractivity contribution in [1.82, 2.24) is 9.88 Å². The van der Waals surface area contributed by atoms with Gasteiger partial charge in [-0.1, -0.05) is 53.3 Å². The van der Waals surface area contributed by atoms with Gasteiger partial charge >= 0.3 is 5.97 Å². The first-order valence-corrected chi connectivity index (χ1v) is 10.0. The molecule has 1 saturated heterocycles. The average Bonchev–Trinajstić information content (AvgIpc) is 3.14. The number of benzene rings is 2. The van der Waals surface area contributed by atoms with Gasteiger partial charge in [0.1, 0.15) is 6.04 Å². The maximum Gasteiger partial charge on any atom is 0.327 e. The van der Waals surface area contributed by atoms with Crippen molar-refractivity contribution in [3.63, 3.8) is 0 Å². The molecule has 0 aliphatic carbocycles. The number of aromatic nitrogens is 1. The van der Waals surface area contributed by atoms with Crippen molar-refractivity contribution in [3.8, 4) is 0 Å². The summed E-state index contributed by atoms with van der Waals surface area (Å²) in [5.74, 6) is -0.281. The summed E-state index contributed by atoms with van der Waals surface area (Å²) in [7, 11) is 1.42. The number of nitrogens with zero attached hydrogens (tertiary/aromatic N) is 3. The maximum atomic E-state index is 12.5. The number of piperazine rings is 1. The Morgan fingerprint density at radius 3 is 2.52 bits per heavy atom. The molecule has 140 valence electrons. The van der Waals surface area contributed by atoms with Gasteiger partial charge in [0.05, 0.1) is 17.3 Å². The molecular weight excluding hydrogens is 382 g/mol. The van der Waals surface area contributed by atoms with Crippen molar-refractivity contribution in [1.29, 1.82) is 0 Å². The van der Waals surface area contributed by atoms with Crippen molar-refractivity contribution in [2.45, 2.75) is 6.04 Å². The number of ether oxygens (including phenoxy) is 1. The molecule has 3 aromatic rings. The highest BCUT2D eigenvalue weighted by atomic mass is 35.5. The number of hydrogen-bond donors (Lipinski definition) is 0. The van der Waals surface area contributed by atoms with E-state index in [9.17, 15) is 4.79 Å². The monoisotopic (exact) mass is 401 g/mol. The molecular formula is C20H20ClN3O2S. The second-order valence-electron chi connectivity index (χ2n) is 6.43. The van der Waals surface area contributed by atoms with E-state index in [4.69, 9.17) is 21.3 Å². The van der Waals surface area contributed by atoms with Gasteiger partial charge in [0.15, 0.2) is 5.13 Å². The summed E-state index contributed by atoms with van der Waals surface area (Å²) >= 11 is 8.06. The molecule has 1 unspecified atom stereocenters. The number of esters is 1. The van der Waals surface area contributed by atoms with Gasteiger partial charge in [-0.05, 0) is 23.8 Å². The highest BCUT2D eigenvalue weighted by Gasteiger charge is 2.33. The molecule has 1 fully saturated rings. The molecule has 0 spiro atoms. The van der Waals surface area contributed by atoms with Crippen LogP contribution in [0.4, 0.5) is 5.13 Å². The lowest BCUT2D eigenvalue weighted by Gasteiger charge is -2.38. The second kappa shape index (κ2) is 7.84. The molecule has 7 heteroatoms. The number of fused-ring (bicyclic) bond motifs is 1. The van der Waals surface area contributed by atoms with Gasteiger partial charge in [0, 0.05) is 31.2 Å². The molecule has 1 aliphatic rings. The third-order valence-corrected chi connectivity index (χ3v) is 6.30. The highest BCUT2D eigenvalue weighted by Crippen LogP contribution is 2.32. The van der Waals surface area contributed by atoms with E-state index in [0.29, 0.717) is 5.02 Å². The number of carbonyl (C=O) groups is 1. The molecule has 5 nitrogen and oxygen atoms in total. The number of carbonyl (C=O) groups excluding carboxylic acids is 1. The second-order valence-corrected chi connectivity index (χ2v) is 7.85. The number of thiazole rings is 1. The zero-order chi connectivity index (χ0) is 18.8. The van der Waals surface area contributed by atoms with E-state index in [1.807, 2.05) is 42.5 Å². The molecule has 4 rings (SSSR count). The van der Waals surface area contributed by atoms with Crippen molar-refractivity contribution >= 4 is 44.3 Å². The van der Waals surface area contributed by atoms with Crippen molar-refractivity contribution in [2.75, 3.05) is 38.2 Å². The molecule has 1 aromatic heterocycles. The maximum absolute atomic E-state index is 12.5. The normalized spacial score (nSPS) is 16.4. The van der Waals surface area contributed by atoms with Gasteiger partial charge in [-0.2, -0.15) is 0 Å². The van der Waals surface area contributed by atoms with Crippen molar-refractivity contribution in [2.24, 2.45) is 0 Å². The fraction of sp³-hybridized carbons (Fsp3) is 0.300. The minimum Gasteiger partial charge on any atom is -0.468 e. The molecule has 1 aliphatic heterocycles. The lowest BCUT2D eigenvalue weighted by molar-refractivity contribution is -0.147. The lowest BCUT2D eigenvalue weighted by Crippen LogP contribution is -2.49. The first-order chi connectivity index (χ1) is 13.2. The quantitative estimate of drug-likeness (QED) is 0.618. The SMILES string of the molecule is COC(=O)C(c1ccccc1Cl)N1CCN(c2nc3ccccc3s2)CC1. The Kier molecular flexibility index (Phi) is 5.29. The van der Waals surface area contributed by atoms with Crippen molar-refractivity contribution in [3.05, 3.63) is 59.1 Å². The molecule has 0 saturated carbocycles. The number of rotatable bonds is 4. The highest BCUT2D eigenvalue weighted by molar-refractivity contribution is 7.22. The van der Waals surface area contributed by atoms with Gasteiger partial charge in [-0.15, -0.1) is 0 Å². The Bertz CT molecular complexity index is 920. The summed E-state index contributed by atoms with van der Waals surface area (Å²) in [6, 6.07) is 15.2. The summed E-state index contributed by atoms with van der Waals surface area (Å²) in [5.41, 5.74) is 1.82. The van der Waals surface area contributed by atoms with Gasteiger partial charge in [0.2, 0.25) is 0 Å². The summed E-state index contributed by atoms with van der Waals surface area (Å²) in [6.07, 6.45) is 0. The van der Waals surface area contributed by atoms with Gasteiger partial charge in [-0.25, -0.2) is 9.78 Å². The first-order valence-electron chi connectivity index (χ1n) is 8.84. The molecule has 27 heavy (non-hydrogen) atoms. The summed E-state index contributed by atoms with van der Waals surface area (Å²) in [4.78, 5) is 21.6. The van der Waals surface area contributed by atoms with Gasteiger partial charge in [-0.3, -0.25) is 4.90 Å². The Labute approximate surface area is 167 Å². The van der Waals surface area contributed by atoms with Crippen LogP contribution in [-0.2, 0) is 9.53 Å². The number of halogens is 1. The predicted molar refractivity (Wildman–Crippen MR) is 110 cm³/mol. The smallest absolute Gasteiger partial charge is 0.327 e. The molecule has 1 atom stereocenters.